The number of benzene rings is 2. The maximum absolute atomic E-state index is 12.4. The SMILES string of the molecule is CCOc1cccc(C(C)NC(=O)CC(C)c2ccccc2OC)c1. The van der Waals surface area contributed by atoms with Crippen LogP contribution in [0, 0.1) is 0 Å². The van der Waals surface area contributed by atoms with Crippen molar-refractivity contribution in [2.45, 2.75) is 39.2 Å². The van der Waals surface area contributed by atoms with Crippen molar-refractivity contribution in [3.63, 3.8) is 0 Å². The van der Waals surface area contributed by atoms with Gasteiger partial charge >= 0.3 is 0 Å². The fraction of sp³-hybridized carbons (Fsp3) is 0.381. The second-order valence-electron chi connectivity index (χ2n) is 6.14. The second kappa shape index (κ2) is 9.11. The average Bonchev–Trinajstić information content (AvgIpc) is 2.62. The van der Waals surface area contributed by atoms with Crippen LogP contribution in [0.25, 0.3) is 0 Å². The molecule has 0 spiro atoms. The van der Waals surface area contributed by atoms with Gasteiger partial charge in [-0.25, -0.2) is 0 Å². The van der Waals surface area contributed by atoms with E-state index in [1.807, 2.05) is 69.3 Å². The summed E-state index contributed by atoms with van der Waals surface area (Å²) in [6.07, 6.45) is 0.413. The van der Waals surface area contributed by atoms with Crippen LogP contribution in [0.4, 0.5) is 0 Å². The molecule has 0 aliphatic rings. The van der Waals surface area contributed by atoms with Crippen LogP contribution in [0.1, 0.15) is 50.3 Å². The molecule has 0 heterocycles. The van der Waals surface area contributed by atoms with Gasteiger partial charge in [0.05, 0.1) is 19.8 Å². The van der Waals surface area contributed by atoms with Crippen molar-refractivity contribution in [2.24, 2.45) is 0 Å². The number of methoxy groups -OCH3 is 1. The van der Waals surface area contributed by atoms with Gasteiger partial charge in [0, 0.05) is 6.42 Å². The highest BCUT2D eigenvalue weighted by molar-refractivity contribution is 5.77. The Morgan fingerprint density at radius 2 is 1.88 bits per heavy atom. The molecular formula is C21H27NO3. The summed E-state index contributed by atoms with van der Waals surface area (Å²) in [7, 11) is 1.65. The van der Waals surface area contributed by atoms with E-state index in [0.717, 1.165) is 22.6 Å². The zero-order valence-corrected chi connectivity index (χ0v) is 15.4. The van der Waals surface area contributed by atoms with E-state index in [-0.39, 0.29) is 17.9 Å². The van der Waals surface area contributed by atoms with Crippen LogP contribution < -0.4 is 14.8 Å². The molecule has 0 aliphatic heterocycles. The zero-order chi connectivity index (χ0) is 18.2. The second-order valence-corrected chi connectivity index (χ2v) is 6.14. The van der Waals surface area contributed by atoms with Gasteiger partial charge in [0.25, 0.3) is 0 Å². The lowest BCUT2D eigenvalue weighted by atomic mass is 9.96. The molecule has 0 radical (unpaired) electrons. The molecule has 25 heavy (non-hydrogen) atoms. The maximum Gasteiger partial charge on any atom is 0.221 e. The first-order chi connectivity index (χ1) is 12.0. The Labute approximate surface area is 150 Å². The molecule has 0 aromatic heterocycles. The predicted molar refractivity (Wildman–Crippen MR) is 100 cm³/mol. The number of para-hydroxylation sites is 1. The Morgan fingerprint density at radius 3 is 2.60 bits per heavy atom. The van der Waals surface area contributed by atoms with E-state index in [4.69, 9.17) is 9.47 Å². The highest BCUT2D eigenvalue weighted by Crippen LogP contribution is 2.28. The lowest BCUT2D eigenvalue weighted by molar-refractivity contribution is -0.122. The first kappa shape index (κ1) is 18.8. The van der Waals surface area contributed by atoms with Crippen molar-refractivity contribution in [1.82, 2.24) is 5.32 Å². The quantitative estimate of drug-likeness (QED) is 0.771. The normalized spacial score (nSPS) is 13.0. The van der Waals surface area contributed by atoms with Gasteiger partial charge in [0.15, 0.2) is 0 Å². The lowest BCUT2D eigenvalue weighted by Gasteiger charge is -2.19. The first-order valence-corrected chi connectivity index (χ1v) is 8.70. The molecule has 2 aromatic carbocycles. The number of ether oxygens (including phenoxy) is 2. The van der Waals surface area contributed by atoms with E-state index >= 15 is 0 Å². The van der Waals surface area contributed by atoms with E-state index in [1.165, 1.54) is 0 Å². The molecule has 2 rings (SSSR count). The third kappa shape index (κ3) is 5.24. The molecule has 0 saturated carbocycles. The number of hydrogen-bond donors (Lipinski definition) is 1. The van der Waals surface area contributed by atoms with Crippen LogP contribution in [0.2, 0.25) is 0 Å². The number of nitrogens with one attached hydrogen (secondary N) is 1. The monoisotopic (exact) mass is 341 g/mol. The third-order valence-corrected chi connectivity index (χ3v) is 4.21. The van der Waals surface area contributed by atoms with Crippen LogP contribution in [-0.2, 0) is 4.79 Å². The fourth-order valence-corrected chi connectivity index (χ4v) is 2.89. The van der Waals surface area contributed by atoms with Crippen molar-refractivity contribution >= 4 is 5.91 Å². The minimum Gasteiger partial charge on any atom is -0.496 e. The summed E-state index contributed by atoms with van der Waals surface area (Å²) in [6, 6.07) is 15.6. The van der Waals surface area contributed by atoms with Crippen molar-refractivity contribution < 1.29 is 14.3 Å². The molecule has 2 atom stereocenters. The third-order valence-electron chi connectivity index (χ3n) is 4.21. The topological polar surface area (TPSA) is 47.6 Å². The van der Waals surface area contributed by atoms with Crippen molar-refractivity contribution in [3.05, 3.63) is 59.7 Å². The van der Waals surface area contributed by atoms with E-state index in [9.17, 15) is 4.79 Å². The highest BCUT2D eigenvalue weighted by Gasteiger charge is 2.17. The number of amides is 1. The zero-order valence-electron chi connectivity index (χ0n) is 15.4. The molecule has 2 aromatic rings. The largest absolute Gasteiger partial charge is 0.496 e. The minimum absolute atomic E-state index is 0.0210. The van der Waals surface area contributed by atoms with E-state index in [2.05, 4.69) is 5.32 Å². The van der Waals surface area contributed by atoms with Crippen molar-refractivity contribution in [3.8, 4) is 11.5 Å². The van der Waals surface area contributed by atoms with E-state index < -0.39 is 0 Å². The lowest BCUT2D eigenvalue weighted by Crippen LogP contribution is -2.27. The van der Waals surface area contributed by atoms with Crippen LogP contribution >= 0.6 is 0 Å². The average molecular weight is 341 g/mol. The molecule has 0 saturated heterocycles. The van der Waals surface area contributed by atoms with Gasteiger partial charge in [-0.3, -0.25) is 4.79 Å². The van der Waals surface area contributed by atoms with E-state index in [1.54, 1.807) is 7.11 Å². The molecule has 0 aliphatic carbocycles. The van der Waals surface area contributed by atoms with Gasteiger partial charge in [0.1, 0.15) is 11.5 Å². The van der Waals surface area contributed by atoms with Gasteiger partial charge in [-0.15, -0.1) is 0 Å². The van der Waals surface area contributed by atoms with Gasteiger partial charge in [-0.1, -0.05) is 37.3 Å². The van der Waals surface area contributed by atoms with Gasteiger partial charge in [0.2, 0.25) is 5.91 Å². The molecule has 134 valence electrons. The number of rotatable bonds is 8. The van der Waals surface area contributed by atoms with E-state index in [0.29, 0.717) is 13.0 Å². The summed E-state index contributed by atoms with van der Waals surface area (Å²) in [5.41, 5.74) is 2.08. The molecule has 4 heteroatoms. The van der Waals surface area contributed by atoms with Crippen LogP contribution in [-0.4, -0.2) is 19.6 Å². The summed E-state index contributed by atoms with van der Waals surface area (Å²) in [5, 5.41) is 3.07. The number of carbonyl (C=O) groups excluding carboxylic acids is 1. The predicted octanol–water partition coefficient (Wildman–Crippen LogP) is 4.46. The summed E-state index contributed by atoms with van der Waals surface area (Å²) in [5.74, 6) is 1.74. The molecule has 2 unspecified atom stereocenters. The Hall–Kier alpha value is -2.49. The summed E-state index contributed by atoms with van der Waals surface area (Å²) in [4.78, 5) is 12.4. The summed E-state index contributed by atoms with van der Waals surface area (Å²) in [6.45, 7) is 6.60. The first-order valence-electron chi connectivity index (χ1n) is 8.70. The van der Waals surface area contributed by atoms with Crippen molar-refractivity contribution in [2.75, 3.05) is 13.7 Å². The Balaban J connectivity index is 1.98. The summed E-state index contributed by atoms with van der Waals surface area (Å²) >= 11 is 0. The van der Waals surface area contributed by atoms with Gasteiger partial charge in [-0.05, 0) is 49.1 Å². The van der Waals surface area contributed by atoms with Gasteiger partial charge in [-0.2, -0.15) is 0 Å². The van der Waals surface area contributed by atoms with Gasteiger partial charge < -0.3 is 14.8 Å². The van der Waals surface area contributed by atoms with Crippen LogP contribution in [0.15, 0.2) is 48.5 Å². The number of carbonyl (C=O) groups is 1. The molecule has 1 amide bonds. The molecule has 1 N–H and O–H groups in total. The summed E-state index contributed by atoms with van der Waals surface area (Å²) < 4.78 is 10.9. The minimum atomic E-state index is -0.0715. The Morgan fingerprint density at radius 1 is 1.12 bits per heavy atom. The van der Waals surface area contributed by atoms with Crippen molar-refractivity contribution in [1.29, 1.82) is 0 Å². The fourth-order valence-electron chi connectivity index (χ4n) is 2.89. The molecular weight excluding hydrogens is 314 g/mol. The highest BCUT2D eigenvalue weighted by atomic mass is 16.5. The molecule has 4 nitrogen and oxygen atoms in total. The molecule has 0 bridgehead atoms. The number of hydrogen-bond acceptors (Lipinski definition) is 3. The Kier molecular flexibility index (Phi) is 6.87. The van der Waals surface area contributed by atoms with Crippen LogP contribution in [0.5, 0.6) is 11.5 Å². The maximum atomic E-state index is 12.4. The smallest absolute Gasteiger partial charge is 0.221 e. The molecule has 0 fully saturated rings. The van der Waals surface area contributed by atoms with Crippen LogP contribution in [0.3, 0.4) is 0 Å². The standard InChI is InChI=1S/C21H27NO3/c1-5-25-18-10-8-9-17(14-18)16(3)22-21(23)13-15(2)19-11-6-7-12-20(19)24-4/h6-12,14-16H,5,13H2,1-4H3,(H,22,23). The Bertz CT molecular complexity index is 699.